The molecule has 1 aromatic carbocycles. The topological polar surface area (TPSA) is 197 Å². The number of carbonyl (C=O) groups excluding carboxylic acids is 3. The highest BCUT2D eigenvalue weighted by Gasteiger charge is 2.27. The van der Waals surface area contributed by atoms with E-state index >= 15 is 0 Å². The number of carboxylic acids is 1. The van der Waals surface area contributed by atoms with Gasteiger partial charge in [0.25, 0.3) is 0 Å². The molecule has 0 spiro atoms. The van der Waals surface area contributed by atoms with E-state index in [-0.39, 0.29) is 31.1 Å². The Hall–Kier alpha value is -3.18. The van der Waals surface area contributed by atoms with Crippen LogP contribution in [0.2, 0.25) is 0 Å². The first kappa shape index (κ1) is 28.9. The van der Waals surface area contributed by atoms with Gasteiger partial charge < -0.3 is 37.6 Å². The summed E-state index contributed by atoms with van der Waals surface area (Å²) < 4.78 is 0. The van der Waals surface area contributed by atoms with Gasteiger partial charge in [-0.1, -0.05) is 32.4 Å². The molecule has 0 heterocycles. The van der Waals surface area contributed by atoms with Gasteiger partial charge in [0.15, 0.2) is 0 Å². The van der Waals surface area contributed by atoms with E-state index in [4.69, 9.17) is 11.5 Å². The van der Waals surface area contributed by atoms with Crippen molar-refractivity contribution in [1.82, 2.24) is 16.0 Å². The molecule has 0 bridgehead atoms. The maximum absolute atomic E-state index is 12.8. The van der Waals surface area contributed by atoms with Crippen molar-refractivity contribution in [3.8, 4) is 5.75 Å². The molecule has 0 saturated heterocycles. The number of hydrogen-bond donors (Lipinski definition) is 7. The molecule has 0 aromatic heterocycles. The Bertz CT molecular complexity index is 815. The molecule has 0 aliphatic rings. The zero-order chi connectivity index (χ0) is 25.7. The lowest BCUT2D eigenvalue weighted by atomic mass is 10.0. The molecule has 11 nitrogen and oxygen atoms in total. The number of aliphatic carboxylic acids is 1. The standard InChI is InChI=1S/C23H37N5O6/c1-14(2)11-18(27-20(30)13-26-21(31)17(25)5-3-4-10-24)22(32)28-19(23(33)34)12-15-6-8-16(29)9-7-15/h6-9,14,17-19,29H,3-5,10-13,24-25H2,1-2H3,(H,26,31)(H,27,30)(H,28,32)(H,33,34). The summed E-state index contributed by atoms with van der Waals surface area (Å²) in [5.41, 5.74) is 11.8. The van der Waals surface area contributed by atoms with E-state index in [9.17, 15) is 29.4 Å². The fourth-order valence-electron chi connectivity index (χ4n) is 3.23. The van der Waals surface area contributed by atoms with Gasteiger partial charge in [0, 0.05) is 6.42 Å². The summed E-state index contributed by atoms with van der Waals surface area (Å²) in [4.78, 5) is 48.9. The number of amides is 3. The van der Waals surface area contributed by atoms with Crippen LogP contribution in [0.15, 0.2) is 24.3 Å². The van der Waals surface area contributed by atoms with Crippen molar-refractivity contribution >= 4 is 23.7 Å². The number of nitrogens with one attached hydrogen (secondary N) is 3. The Labute approximate surface area is 199 Å². The average molecular weight is 480 g/mol. The molecule has 1 rings (SSSR count). The first-order chi connectivity index (χ1) is 16.0. The van der Waals surface area contributed by atoms with Crippen molar-refractivity contribution in [2.75, 3.05) is 13.1 Å². The fraction of sp³-hybridized carbons (Fsp3) is 0.565. The van der Waals surface area contributed by atoms with Gasteiger partial charge in [-0.15, -0.1) is 0 Å². The van der Waals surface area contributed by atoms with Crippen molar-refractivity contribution < 1.29 is 29.4 Å². The number of hydrogen-bond acceptors (Lipinski definition) is 7. The Balaban J connectivity index is 2.70. The quantitative estimate of drug-likeness (QED) is 0.165. The van der Waals surface area contributed by atoms with Crippen LogP contribution in [-0.4, -0.2) is 65.1 Å². The summed E-state index contributed by atoms with van der Waals surface area (Å²) in [5, 5.41) is 26.4. The maximum atomic E-state index is 12.8. The van der Waals surface area contributed by atoms with Crippen LogP contribution < -0.4 is 27.4 Å². The number of unbranched alkanes of at least 4 members (excludes halogenated alkanes) is 1. The molecular formula is C23H37N5O6. The zero-order valence-electron chi connectivity index (χ0n) is 19.8. The van der Waals surface area contributed by atoms with E-state index in [1.807, 2.05) is 13.8 Å². The van der Waals surface area contributed by atoms with Gasteiger partial charge in [0.2, 0.25) is 17.7 Å². The minimum absolute atomic E-state index is 0.00179. The minimum atomic E-state index is -1.23. The van der Waals surface area contributed by atoms with Crippen LogP contribution in [0.1, 0.15) is 45.1 Å². The second-order valence-corrected chi connectivity index (χ2v) is 8.63. The maximum Gasteiger partial charge on any atom is 0.326 e. The number of carbonyl (C=O) groups is 4. The molecule has 0 aliphatic heterocycles. The first-order valence-corrected chi connectivity index (χ1v) is 11.4. The number of rotatable bonds is 15. The van der Waals surface area contributed by atoms with Crippen molar-refractivity contribution in [3.63, 3.8) is 0 Å². The summed E-state index contributed by atoms with van der Waals surface area (Å²) in [6.07, 6.45) is 2.17. The molecule has 190 valence electrons. The number of benzene rings is 1. The monoisotopic (exact) mass is 479 g/mol. The third kappa shape index (κ3) is 11.1. The van der Waals surface area contributed by atoms with E-state index in [0.29, 0.717) is 24.9 Å². The van der Waals surface area contributed by atoms with Crippen LogP contribution in [-0.2, 0) is 25.6 Å². The molecule has 3 amide bonds. The van der Waals surface area contributed by atoms with Gasteiger partial charge in [0.05, 0.1) is 12.6 Å². The molecule has 0 saturated carbocycles. The highest BCUT2D eigenvalue weighted by Crippen LogP contribution is 2.12. The van der Waals surface area contributed by atoms with Gasteiger partial charge >= 0.3 is 5.97 Å². The van der Waals surface area contributed by atoms with Gasteiger partial charge in [-0.05, 0) is 49.4 Å². The van der Waals surface area contributed by atoms with Gasteiger partial charge in [0.1, 0.15) is 17.8 Å². The largest absolute Gasteiger partial charge is 0.508 e. The molecule has 9 N–H and O–H groups in total. The average Bonchev–Trinajstić information content (AvgIpc) is 2.77. The fourth-order valence-corrected chi connectivity index (χ4v) is 3.23. The number of nitrogens with two attached hydrogens (primary N) is 2. The zero-order valence-corrected chi connectivity index (χ0v) is 19.8. The Morgan fingerprint density at radius 1 is 0.971 bits per heavy atom. The summed E-state index contributed by atoms with van der Waals surface area (Å²) >= 11 is 0. The van der Waals surface area contributed by atoms with E-state index in [2.05, 4.69) is 16.0 Å². The smallest absolute Gasteiger partial charge is 0.326 e. The Kier molecular flexibility index (Phi) is 12.6. The number of phenols is 1. The van der Waals surface area contributed by atoms with Gasteiger partial charge in [-0.3, -0.25) is 14.4 Å². The van der Waals surface area contributed by atoms with Crippen molar-refractivity contribution in [1.29, 1.82) is 0 Å². The van der Waals surface area contributed by atoms with Crippen LogP contribution in [0.4, 0.5) is 0 Å². The van der Waals surface area contributed by atoms with Crippen molar-refractivity contribution in [2.24, 2.45) is 17.4 Å². The highest BCUT2D eigenvalue weighted by molar-refractivity contribution is 5.92. The minimum Gasteiger partial charge on any atom is -0.508 e. The van der Waals surface area contributed by atoms with Crippen molar-refractivity contribution in [2.45, 2.75) is 64.1 Å². The van der Waals surface area contributed by atoms with Crippen LogP contribution in [0.5, 0.6) is 5.75 Å². The summed E-state index contributed by atoms with van der Waals surface area (Å²) in [5.74, 6) is -2.86. The molecule has 0 radical (unpaired) electrons. The third-order valence-electron chi connectivity index (χ3n) is 5.08. The molecular weight excluding hydrogens is 442 g/mol. The molecule has 3 atom stereocenters. The normalized spacial score (nSPS) is 13.6. The molecule has 0 fully saturated rings. The summed E-state index contributed by atoms with van der Waals surface area (Å²) in [6, 6.07) is 3.01. The lowest BCUT2D eigenvalue weighted by molar-refractivity contribution is -0.142. The summed E-state index contributed by atoms with van der Waals surface area (Å²) in [6.45, 7) is 3.87. The predicted octanol–water partition coefficient (Wildman–Crippen LogP) is -0.392. The van der Waals surface area contributed by atoms with E-state index in [1.165, 1.54) is 12.1 Å². The molecule has 34 heavy (non-hydrogen) atoms. The molecule has 1 aromatic rings. The van der Waals surface area contributed by atoms with Crippen LogP contribution in [0.3, 0.4) is 0 Å². The second kappa shape index (κ2) is 14.9. The first-order valence-electron chi connectivity index (χ1n) is 11.4. The van der Waals surface area contributed by atoms with Crippen LogP contribution >= 0.6 is 0 Å². The predicted molar refractivity (Wildman–Crippen MR) is 127 cm³/mol. The van der Waals surface area contributed by atoms with Gasteiger partial charge in [-0.2, -0.15) is 0 Å². The Morgan fingerprint density at radius 3 is 2.18 bits per heavy atom. The lowest BCUT2D eigenvalue weighted by Crippen LogP contribution is -2.54. The number of phenolic OH excluding ortho intramolecular Hbond substituents is 1. The molecule has 3 unspecified atom stereocenters. The van der Waals surface area contributed by atoms with Crippen LogP contribution in [0, 0.1) is 5.92 Å². The summed E-state index contributed by atoms with van der Waals surface area (Å²) in [7, 11) is 0. The van der Waals surface area contributed by atoms with Gasteiger partial charge in [-0.25, -0.2) is 4.79 Å². The van der Waals surface area contributed by atoms with E-state index < -0.39 is 41.8 Å². The molecule has 11 heteroatoms. The highest BCUT2D eigenvalue weighted by atomic mass is 16.4. The van der Waals surface area contributed by atoms with E-state index in [0.717, 1.165) is 6.42 Å². The third-order valence-corrected chi connectivity index (χ3v) is 5.08. The number of aromatic hydroxyl groups is 1. The molecule has 0 aliphatic carbocycles. The Morgan fingerprint density at radius 2 is 1.62 bits per heavy atom. The van der Waals surface area contributed by atoms with Crippen LogP contribution in [0.25, 0.3) is 0 Å². The van der Waals surface area contributed by atoms with Crippen molar-refractivity contribution in [3.05, 3.63) is 29.8 Å². The SMILES string of the molecule is CC(C)CC(NC(=O)CNC(=O)C(N)CCCCN)C(=O)NC(Cc1ccc(O)cc1)C(=O)O. The second-order valence-electron chi connectivity index (χ2n) is 8.63. The lowest BCUT2D eigenvalue weighted by Gasteiger charge is -2.23. The number of carboxylic acid groups (broad SMARTS) is 1. The van der Waals surface area contributed by atoms with E-state index in [1.54, 1.807) is 12.1 Å².